The van der Waals surface area contributed by atoms with Crippen molar-refractivity contribution in [1.29, 1.82) is 0 Å². The highest BCUT2D eigenvalue weighted by molar-refractivity contribution is 5.80. The molecule has 0 unspecified atom stereocenters. The molecule has 0 bridgehead atoms. The van der Waals surface area contributed by atoms with Crippen LogP contribution >= 0.6 is 0 Å². The third-order valence-corrected chi connectivity index (χ3v) is 3.04. The number of nitrogens with one attached hydrogen (secondary N) is 1. The van der Waals surface area contributed by atoms with Crippen LogP contribution in [0.25, 0.3) is 0 Å². The monoisotopic (exact) mass is 195 g/mol. The molecule has 0 saturated carbocycles. The van der Waals surface area contributed by atoms with E-state index in [9.17, 15) is 0 Å². The van der Waals surface area contributed by atoms with Crippen LogP contribution in [0.1, 0.15) is 33.1 Å². The molecular weight excluding hydrogens is 174 g/mol. The van der Waals surface area contributed by atoms with Crippen molar-refractivity contribution in [3.8, 4) is 0 Å². The van der Waals surface area contributed by atoms with Gasteiger partial charge in [0.15, 0.2) is 5.96 Å². The van der Waals surface area contributed by atoms with Gasteiger partial charge in [-0.15, -0.1) is 0 Å². The maximum absolute atomic E-state index is 4.64. The summed E-state index contributed by atoms with van der Waals surface area (Å²) in [4.78, 5) is 7.04. The Morgan fingerprint density at radius 1 is 1.21 bits per heavy atom. The van der Waals surface area contributed by atoms with Gasteiger partial charge in [-0.05, 0) is 19.3 Å². The van der Waals surface area contributed by atoms with Gasteiger partial charge < -0.3 is 10.2 Å². The summed E-state index contributed by atoms with van der Waals surface area (Å²) in [5.74, 6) is 1.14. The lowest BCUT2D eigenvalue weighted by Crippen LogP contribution is -2.50. The summed E-state index contributed by atoms with van der Waals surface area (Å²) in [6, 6.07) is 0. The number of hydrogen-bond acceptors (Lipinski definition) is 3. The van der Waals surface area contributed by atoms with Crippen molar-refractivity contribution >= 4 is 5.96 Å². The Labute approximate surface area is 86.6 Å². The molecule has 0 spiro atoms. The number of piperidine rings is 1. The molecule has 1 saturated heterocycles. The highest BCUT2D eigenvalue weighted by Gasteiger charge is 2.25. The summed E-state index contributed by atoms with van der Waals surface area (Å²) in [7, 11) is 0. The highest BCUT2D eigenvalue weighted by atomic mass is 15.3. The van der Waals surface area contributed by atoms with Crippen LogP contribution in [0.3, 0.4) is 0 Å². The predicted molar refractivity (Wildman–Crippen MR) is 59.5 cm³/mol. The molecule has 0 atom stereocenters. The van der Waals surface area contributed by atoms with Gasteiger partial charge in [0.2, 0.25) is 0 Å². The minimum atomic E-state index is 0.333. The summed E-state index contributed by atoms with van der Waals surface area (Å²) >= 11 is 0. The van der Waals surface area contributed by atoms with Crippen LogP contribution < -0.4 is 5.32 Å². The normalized spacial score (nSPS) is 26.7. The third-order valence-electron chi connectivity index (χ3n) is 3.04. The highest BCUT2D eigenvalue weighted by Crippen LogP contribution is 2.18. The molecule has 0 aliphatic carbocycles. The first-order valence-electron chi connectivity index (χ1n) is 5.71. The molecule has 0 radical (unpaired) electrons. The summed E-state index contributed by atoms with van der Waals surface area (Å²) < 4.78 is 0. The lowest BCUT2D eigenvalue weighted by Gasteiger charge is -2.36. The quantitative estimate of drug-likeness (QED) is 0.633. The molecule has 0 amide bonds. The van der Waals surface area contributed by atoms with E-state index < -0.39 is 0 Å². The second-order valence-corrected chi connectivity index (χ2v) is 5.21. The van der Waals surface area contributed by atoms with Crippen molar-refractivity contribution in [2.75, 3.05) is 26.2 Å². The van der Waals surface area contributed by atoms with Crippen LogP contribution in [0.4, 0.5) is 0 Å². The Bertz CT molecular complexity index is 227. The molecule has 2 heterocycles. The average molecular weight is 195 g/mol. The Morgan fingerprint density at radius 2 is 1.93 bits per heavy atom. The topological polar surface area (TPSA) is 27.6 Å². The molecule has 2 rings (SSSR count). The third kappa shape index (κ3) is 2.20. The van der Waals surface area contributed by atoms with Crippen molar-refractivity contribution in [2.24, 2.45) is 10.4 Å². The number of rotatable bonds is 0. The molecule has 1 N–H and O–H groups in total. The number of aliphatic imine (C=N–C) groups is 1. The molecule has 14 heavy (non-hydrogen) atoms. The molecule has 0 aromatic rings. The van der Waals surface area contributed by atoms with Gasteiger partial charge in [0, 0.05) is 31.6 Å². The Kier molecular flexibility index (Phi) is 2.66. The molecule has 1 fully saturated rings. The zero-order chi connectivity index (χ0) is 10.0. The van der Waals surface area contributed by atoms with Gasteiger partial charge in [0.1, 0.15) is 0 Å². The minimum Gasteiger partial charge on any atom is -0.356 e. The smallest absolute Gasteiger partial charge is 0.193 e. The van der Waals surface area contributed by atoms with Crippen LogP contribution in [0.2, 0.25) is 0 Å². The zero-order valence-electron chi connectivity index (χ0n) is 9.34. The van der Waals surface area contributed by atoms with Crippen molar-refractivity contribution in [3.63, 3.8) is 0 Å². The van der Waals surface area contributed by atoms with Crippen LogP contribution in [-0.2, 0) is 0 Å². The van der Waals surface area contributed by atoms with Gasteiger partial charge in [-0.3, -0.25) is 4.99 Å². The number of nitrogens with zero attached hydrogens (tertiary/aromatic N) is 2. The van der Waals surface area contributed by atoms with E-state index in [1.54, 1.807) is 0 Å². The van der Waals surface area contributed by atoms with Gasteiger partial charge >= 0.3 is 0 Å². The molecule has 0 aromatic heterocycles. The largest absolute Gasteiger partial charge is 0.356 e. The van der Waals surface area contributed by atoms with Crippen LogP contribution in [0.15, 0.2) is 4.99 Å². The molecule has 2 aliphatic rings. The minimum absolute atomic E-state index is 0.333. The summed E-state index contributed by atoms with van der Waals surface area (Å²) in [5.41, 5.74) is 0.333. The predicted octanol–water partition coefficient (Wildman–Crippen LogP) is 1.46. The summed E-state index contributed by atoms with van der Waals surface area (Å²) in [6.45, 7) is 8.92. The fourth-order valence-electron chi connectivity index (χ4n) is 2.04. The maximum atomic E-state index is 4.64. The second kappa shape index (κ2) is 3.79. The number of hydrogen-bond donors (Lipinski definition) is 1. The molecule has 0 aromatic carbocycles. The molecular formula is C11H21N3. The molecule has 2 aliphatic heterocycles. The fourth-order valence-corrected chi connectivity index (χ4v) is 2.04. The number of likely N-dealkylation sites (tertiary alicyclic amines) is 1. The van der Waals surface area contributed by atoms with E-state index in [1.165, 1.54) is 32.4 Å². The van der Waals surface area contributed by atoms with Gasteiger partial charge in [0.05, 0.1) is 0 Å². The van der Waals surface area contributed by atoms with Crippen LogP contribution in [0, 0.1) is 5.41 Å². The van der Waals surface area contributed by atoms with Gasteiger partial charge in [-0.1, -0.05) is 13.8 Å². The van der Waals surface area contributed by atoms with E-state index in [0.717, 1.165) is 19.0 Å². The first-order valence-corrected chi connectivity index (χ1v) is 5.71. The van der Waals surface area contributed by atoms with Crippen LogP contribution in [-0.4, -0.2) is 37.0 Å². The fraction of sp³-hybridized carbons (Fsp3) is 0.909. The van der Waals surface area contributed by atoms with E-state index in [1.807, 2.05) is 0 Å². The average Bonchev–Trinajstić information content (AvgIpc) is 2.19. The van der Waals surface area contributed by atoms with Gasteiger partial charge in [0.25, 0.3) is 0 Å². The van der Waals surface area contributed by atoms with Crippen molar-refractivity contribution in [3.05, 3.63) is 0 Å². The standard InChI is InChI=1S/C11H21N3/c1-11(2)8-12-10(13-9-11)14-6-4-3-5-7-14/h3-9H2,1-2H3,(H,12,13). The number of guanidine groups is 1. The first-order chi connectivity index (χ1) is 6.67. The lowest BCUT2D eigenvalue weighted by atomic mass is 9.93. The lowest BCUT2D eigenvalue weighted by molar-refractivity contribution is 0.297. The van der Waals surface area contributed by atoms with E-state index in [2.05, 4.69) is 29.1 Å². The SMILES string of the molecule is CC1(C)CN=C(N2CCCCC2)NC1. The van der Waals surface area contributed by atoms with Crippen molar-refractivity contribution < 1.29 is 0 Å². The van der Waals surface area contributed by atoms with Crippen molar-refractivity contribution in [2.45, 2.75) is 33.1 Å². The molecule has 3 nitrogen and oxygen atoms in total. The molecule has 3 heteroatoms. The van der Waals surface area contributed by atoms with E-state index in [4.69, 9.17) is 0 Å². The second-order valence-electron chi connectivity index (χ2n) is 5.21. The first kappa shape index (κ1) is 9.81. The Morgan fingerprint density at radius 3 is 2.50 bits per heavy atom. The zero-order valence-corrected chi connectivity index (χ0v) is 9.34. The summed E-state index contributed by atoms with van der Waals surface area (Å²) in [6.07, 6.45) is 4.03. The Hall–Kier alpha value is -0.730. The molecule has 80 valence electrons. The van der Waals surface area contributed by atoms with Crippen molar-refractivity contribution in [1.82, 2.24) is 10.2 Å². The Balaban J connectivity index is 1.95. The summed E-state index contributed by atoms with van der Waals surface area (Å²) in [5, 5.41) is 3.46. The van der Waals surface area contributed by atoms with E-state index in [-0.39, 0.29) is 0 Å². The van der Waals surface area contributed by atoms with Gasteiger partial charge in [-0.25, -0.2) is 0 Å². The van der Waals surface area contributed by atoms with Crippen LogP contribution in [0.5, 0.6) is 0 Å². The van der Waals surface area contributed by atoms with E-state index >= 15 is 0 Å². The van der Waals surface area contributed by atoms with E-state index in [0.29, 0.717) is 5.41 Å². The van der Waals surface area contributed by atoms with Gasteiger partial charge in [-0.2, -0.15) is 0 Å². The maximum Gasteiger partial charge on any atom is 0.193 e.